The molecule has 0 bridgehead atoms. The molecule has 2 heterocycles. The molecule has 3 heteroatoms. The summed E-state index contributed by atoms with van der Waals surface area (Å²) in [4.78, 5) is 2.32. The Kier molecular flexibility index (Phi) is 7.62. The van der Waals surface area contributed by atoms with Crippen molar-refractivity contribution < 1.29 is 4.74 Å². The zero-order valence-electron chi connectivity index (χ0n) is 29.1. The van der Waals surface area contributed by atoms with E-state index in [1.807, 2.05) is 0 Å². The molecule has 3 nitrogen and oxygen atoms in total. The molecule has 0 N–H and O–H groups in total. The molecule has 8 aromatic carbocycles. The number of aromatic nitrogens is 1. The predicted molar refractivity (Wildman–Crippen MR) is 220 cm³/mol. The van der Waals surface area contributed by atoms with E-state index in [0.29, 0.717) is 0 Å². The number of ether oxygens (including phenoxy) is 1. The maximum Gasteiger partial charge on any atom is 0.128 e. The second-order valence-corrected chi connectivity index (χ2v) is 13.7. The maximum atomic E-state index is 6.56. The van der Waals surface area contributed by atoms with Crippen LogP contribution < -0.4 is 9.64 Å². The normalized spacial score (nSPS) is 13.5. The van der Waals surface area contributed by atoms with Crippen molar-refractivity contribution in [1.82, 2.24) is 4.57 Å². The first kappa shape index (κ1) is 30.9. The molecule has 0 radical (unpaired) electrons. The van der Waals surface area contributed by atoms with Crippen molar-refractivity contribution in [2.75, 3.05) is 4.90 Å². The second-order valence-electron chi connectivity index (χ2n) is 13.7. The Bertz CT molecular complexity index is 2640. The van der Waals surface area contributed by atoms with E-state index < -0.39 is 0 Å². The van der Waals surface area contributed by atoms with Crippen molar-refractivity contribution in [3.05, 3.63) is 211 Å². The maximum absolute atomic E-state index is 6.56. The standard InChI is InChI=1S/C50H36N2O/c1-3-11-35(12-4-1)36-19-26-41(27-20-36)51(44-32-25-40-33-49(53-50(40)34-44)39-13-5-2-6-14-39)42-28-21-37(22-29-42)38-23-30-43(31-24-38)52-47-17-9-7-15-45(47)46-16-8-10-18-48(46)52/h1-32,34,49H,33H2. The third-order valence-corrected chi connectivity index (χ3v) is 10.6. The molecular formula is C50H36N2O. The quantitative estimate of drug-likeness (QED) is 0.167. The van der Waals surface area contributed by atoms with Gasteiger partial charge in [0.1, 0.15) is 11.9 Å². The minimum atomic E-state index is 0.0284. The minimum absolute atomic E-state index is 0.0284. The van der Waals surface area contributed by atoms with E-state index in [9.17, 15) is 0 Å². The molecule has 1 aliphatic rings. The van der Waals surface area contributed by atoms with E-state index in [2.05, 4.69) is 210 Å². The van der Waals surface area contributed by atoms with Crippen LogP contribution >= 0.6 is 0 Å². The molecule has 1 unspecified atom stereocenters. The summed E-state index contributed by atoms with van der Waals surface area (Å²) in [7, 11) is 0. The van der Waals surface area contributed by atoms with Crippen molar-refractivity contribution in [2.45, 2.75) is 12.5 Å². The highest BCUT2D eigenvalue weighted by Gasteiger charge is 2.26. The van der Waals surface area contributed by atoms with Crippen molar-refractivity contribution >= 4 is 38.9 Å². The summed E-state index contributed by atoms with van der Waals surface area (Å²) in [6.07, 6.45) is 0.899. The van der Waals surface area contributed by atoms with Gasteiger partial charge in [-0.25, -0.2) is 0 Å². The third-order valence-electron chi connectivity index (χ3n) is 10.6. The summed E-state index contributed by atoms with van der Waals surface area (Å²) >= 11 is 0. The topological polar surface area (TPSA) is 17.4 Å². The lowest BCUT2D eigenvalue weighted by molar-refractivity contribution is 0.239. The molecule has 0 saturated heterocycles. The van der Waals surface area contributed by atoms with Crippen LogP contribution in [0.3, 0.4) is 0 Å². The highest BCUT2D eigenvalue weighted by Crippen LogP contribution is 2.43. The molecular weight excluding hydrogens is 645 g/mol. The first-order chi connectivity index (χ1) is 26.3. The molecule has 0 aliphatic carbocycles. The fraction of sp³-hybridized carbons (Fsp3) is 0.0400. The minimum Gasteiger partial charge on any atom is -0.485 e. The summed E-state index contributed by atoms with van der Waals surface area (Å²) in [5, 5.41) is 2.54. The van der Waals surface area contributed by atoms with E-state index in [1.165, 1.54) is 55.2 Å². The van der Waals surface area contributed by atoms with Gasteiger partial charge in [0.05, 0.1) is 11.0 Å². The van der Waals surface area contributed by atoms with Crippen LogP contribution in [0.25, 0.3) is 49.7 Å². The van der Waals surface area contributed by atoms with Gasteiger partial charge in [0.25, 0.3) is 0 Å². The van der Waals surface area contributed by atoms with E-state index in [-0.39, 0.29) is 6.10 Å². The Hall–Kier alpha value is -6.84. The number of fused-ring (bicyclic) bond motifs is 4. The molecule has 9 aromatic rings. The van der Waals surface area contributed by atoms with E-state index in [1.54, 1.807) is 0 Å². The zero-order valence-corrected chi connectivity index (χ0v) is 29.1. The number of hydrogen-bond acceptors (Lipinski definition) is 2. The molecule has 0 fully saturated rings. The van der Waals surface area contributed by atoms with Crippen LogP contribution in [-0.4, -0.2) is 4.57 Å². The lowest BCUT2D eigenvalue weighted by Gasteiger charge is -2.26. The highest BCUT2D eigenvalue weighted by atomic mass is 16.5. The van der Waals surface area contributed by atoms with Gasteiger partial charge in [0.15, 0.2) is 0 Å². The van der Waals surface area contributed by atoms with Gasteiger partial charge in [-0.15, -0.1) is 0 Å². The lowest BCUT2D eigenvalue weighted by atomic mass is 10.0. The van der Waals surface area contributed by atoms with Gasteiger partial charge >= 0.3 is 0 Å². The van der Waals surface area contributed by atoms with Crippen LogP contribution in [0.4, 0.5) is 17.1 Å². The molecule has 1 atom stereocenters. The van der Waals surface area contributed by atoms with Gasteiger partial charge in [-0.05, 0) is 88.0 Å². The Morgan fingerprint density at radius 3 is 1.49 bits per heavy atom. The van der Waals surface area contributed by atoms with Gasteiger partial charge in [0.2, 0.25) is 0 Å². The van der Waals surface area contributed by atoms with Crippen LogP contribution in [0.1, 0.15) is 17.2 Å². The zero-order chi connectivity index (χ0) is 35.1. The molecule has 0 amide bonds. The van der Waals surface area contributed by atoms with E-state index >= 15 is 0 Å². The molecule has 10 rings (SSSR count). The fourth-order valence-corrected chi connectivity index (χ4v) is 7.90. The average Bonchev–Trinajstić information content (AvgIpc) is 3.82. The predicted octanol–water partition coefficient (Wildman–Crippen LogP) is 13.3. The second kappa shape index (κ2) is 13.0. The Labute approximate surface area is 309 Å². The van der Waals surface area contributed by atoms with Crippen LogP contribution in [0, 0.1) is 0 Å². The number of para-hydroxylation sites is 2. The Morgan fingerprint density at radius 2 is 0.906 bits per heavy atom. The first-order valence-corrected chi connectivity index (χ1v) is 18.3. The van der Waals surface area contributed by atoms with E-state index in [4.69, 9.17) is 4.74 Å². The number of nitrogens with zero attached hydrogens (tertiary/aromatic N) is 2. The summed E-state index contributed by atoms with van der Waals surface area (Å²) in [6, 6.07) is 71.7. The summed E-state index contributed by atoms with van der Waals surface area (Å²) in [6.45, 7) is 0. The smallest absolute Gasteiger partial charge is 0.128 e. The molecule has 0 saturated carbocycles. The van der Waals surface area contributed by atoms with Crippen molar-refractivity contribution in [3.63, 3.8) is 0 Å². The van der Waals surface area contributed by atoms with Gasteiger partial charge < -0.3 is 14.2 Å². The lowest BCUT2D eigenvalue weighted by Crippen LogP contribution is -2.10. The van der Waals surface area contributed by atoms with Crippen LogP contribution in [0.2, 0.25) is 0 Å². The molecule has 1 aromatic heterocycles. The van der Waals surface area contributed by atoms with Crippen LogP contribution in [0.15, 0.2) is 200 Å². The highest BCUT2D eigenvalue weighted by molar-refractivity contribution is 6.09. The van der Waals surface area contributed by atoms with Crippen LogP contribution in [0.5, 0.6) is 5.75 Å². The van der Waals surface area contributed by atoms with Crippen molar-refractivity contribution in [2.24, 2.45) is 0 Å². The Morgan fingerprint density at radius 1 is 0.434 bits per heavy atom. The molecule has 1 aliphatic heterocycles. The first-order valence-electron chi connectivity index (χ1n) is 18.3. The third kappa shape index (κ3) is 5.64. The summed E-state index contributed by atoms with van der Waals surface area (Å²) < 4.78 is 8.93. The van der Waals surface area contributed by atoms with Gasteiger partial charge in [-0.1, -0.05) is 140 Å². The number of hydrogen-bond donors (Lipinski definition) is 0. The van der Waals surface area contributed by atoms with Crippen molar-refractivity contribution in [3.8, 4) is 33.7 Å². The SMILES string of the molecule is c1ccc(-c2ccc(N(c3ccc(-c4ccc(-n5c6ccccc6c6ccccc65)cc4)cc3)c3ccc4c(c3)OC(c3ccccc3)C4)cc2)cc1. The largest absolute Gasteiger partial charge is 0.485 e. The summed E-state index contributed by atoms with van der Waals surface area (Å²) in [5.41, 5.74) is 14.0. The monoisotopic (exact) mass is 680 g/mol. The Balaban J connectivity index is 0.988. The summed E-state index contributed by atoms with van der Waals surface area (Å²) in [5.74, 6) is 0.946. The van der Waals surface area contributed by atoms with Gasteiger partial charge in [-0.2, -0.15) is 0 Å². The van der Waals surface area contributed by atoms with Crippen molar-refractivity contribution in [1.29, 1.82) is 0 Å². The van der Waals surface area contributed by atoms with E-state index in [0.717, 1.165) is 34.9 Å². The number of anilines is 3. The fourth-order valence-electron chi connectivity index (χ4n) is 7.90. The van der Waals surface area contributed by atoms with Crippen LogP contribution in [-0.2, 0) is 6.42 Å². The van der Waals surface area contributed by atoms with Gasteiger partial charge in [0, 0.05) is 46.0 Å². The van der Waals surface area contributed by atoms with Gasteiger partial charge in [-0.3, -0.25) is 0 Å². The molecule has 53 heavy (non-hydrogen) atoms. The molecule has 0 spiro atoms. The number of rotatable bonds is 7. The average molecular weight is 681 g/mol. The number of benzene rings is 8. The molecule has 252 valence electrons.